The van der Waals surface area contributed by atoms with Crippen molar-refractivity contribution in [2.24, 2.45) is 7.05 Å². The molecule has 0 saturated carbocycles. The van der Waals surface area contributed by atoms with Crippen LogP contribution in [0.1, 0.15) is 12.7 Å². The summed E-state index contributed by atoms with van der Waals surface area (Å²) in [5.41, 5.74) is -4.82. The Morgan fingerprint density at radius 2 is 2.16 bits per heavy atom. The van der Waals surface area contributed by atoms with Gasteiger partial charge in [-0.05, 0) is 6.92 Å². The Balaban J connectivity index is 3.35. The number of esters is 1. The molecule has 0 aromatic carbocycles. The molecule has 106 valence electrons. The van der Waals surface area contributed by atoms with Gasteiger partial charge in [0.1, 0.15) is 6.33 Å². The van der Waals surface area contributed by atoms with Crippen molar-refractivity contribution >= 4 is 5.97 Å². The lowest BCUT2D eigenvalue weighted by molar-refractivity contribution is -0.254. The first-order valence-corrected chi connectivity index (χ1v) is 5.16. The van der Waals surface area contributed by atoms with Gasteiger partial charge in [0.05, 0.1) is 12.2 Å². The van der Waals surface area contributed by atoms with E-state index in [1.54, 1.807) is 0 Å². The zero-order valence-electron chi connectivity index (χ0n) is 10.2. The molecule has 0 aliphatic heterocycles. The van der Waals surface area contributed by atoms with Crippen LogP contribution in [0.3, 0.4) is 0 Å². The number of carbonyl (C=O) groups is 1. The maximum Gasteiger partial charge on any atom is 0.429 e. The Kier molecular flexibility index (Phi) is 3.99. The van der Waals surface area contributed by atoms with Crippen molar-refractivity contribution in [2.45, 2.75) is 18.7 Å². The van der Waals surface area contributed by atoms with Gasteiger partial charge in [-0.3, -0.25) is 0 Å². The van der Waals surface area contributed by atoms with Crippen LogP contribution in [0, 0.1) is 0 Å². The Hall–Kier alpha value is -1.90. The Morgan fingerprint density at radius 3 is 2.53 bits per heavy atom. The van der Waals surface area contributed by atoms with Crippen molar-refractivity contribution in [3.63, 3.8) is 0 Å². The predicted molar refractivity (Wildman–Crippen MR) is 56.7 cm³/mol. The number of hydrogen-bond acceptors (Lipinski definition) is 5. The number of aromatic nitrogens is 3. The van der Waals surface area contributed by atoms with E-state index in [1.165, 1.54) is 6.92 Å². The summed E-state index contributed by atoms with van der Waals surface area (Å²) in [6.07, 6.45) is -4.37. The third-order valence-corrected chi connectivity index (χ3v) is 2.40. The zero-order chi connectivity index (χ0) is 14.8. The van der Waals surface area contributed by atoms with Crippen LogP contribution in [0.15, 0.2) is 18.5 Å². The van der Waals surface area contributed by atoms with Crippen LogP contribution in [0.4, 0.5) is 13.2 Å². The third kappa shape index (κ3) is 2.46. The molecule has 0 amide bonds. The molecule has 9 heteroatoms. The molecule has 0 radical (unpaired) electrons. The summed E-state index contributed by atoms with van der Waals surface area (Å²) in [5, 5.41) is 13.3. The molecule has 0 aliphatic carbocycles. The summed E-state index contributed by atoms with van der Waals surface area (Å²) in [4.78, 5) is 14.7. The van der Waals surface area contributed by atoms with E-state index in [9.17, 15) is 23.1 Å². The van der Waals surface area contributed by atoms with Crippen LogP contribution in [0.5, 0.6) is 0 Å². The lowest BCUT2D eigenvalue weighted by Crippen LogP contribution is -2.48. The lowest BCUT2D eigenvalue weighted by Gasteiger charge is -2.29. The average Bonchev–Trinajstić information content (AvgIpc) is 2.72. The second-order valence-corrected chi connectivity index (χ2v) is 3.61. The van der Waals surface area contributed by atoms with Gasteiger partial charge in [-0.2, -0.15) is 18.3 Å². The first-order chi connectivity index (χ1) is 8.66. The fourth-order valence-electron chi connectivity index (χ4n) is 1.42. The van der Waals surface area contributed by atoms with Crippen molar-refractivity contribution in [2.75, 3.05) is 6.61 Å². The second kappa shape index (κ2) is 5.00. The smallest absolute Gasteiger partial charge is 0.429 e. The van der Waals surface area contributed by atoms with E-state index < -0.39 is 29.1 Å². The second-order valence-electron chi connectivity index (χ2n) is 3.61. The van der Waals surface area contributed by atoms with Gasteiger partial charge in [0.2, 0.25) is 0 Å². The molecule has 1 heterocycles. The van der Waals surface area contributed by atoms with Crippen LogP contribution in [0.25, 0.3) is 0 Å². The molecular formula is C10H12F3N3O3. The van der Waals surface area contributed by atoms with Crippen LogP contribution >= 0.6 is 0 Å². The van der Waals surface area contributed by atoms with Crippen molar-refractivity contribution in [1.29, 1.82) is 0 Å². The summed E-state index contributed by atoms with van der Waals surface area (Å²) < 4.78 is 44.4. The molecule has 0 fully saturated rings. The van der Waals surface area contributed by atoms with Gasteiger partial charge in [-0.25, -0.2) is 14.5 Å². The standard InChI is InChI=1S/C10H12F3N3O3/c1-4-19-7(17)6(2)9(18,10(11,12)13)8-14-5-15-16(8)3/h5,18H,2,4H2,1,3H3. The minimum absolute atomic E-state index is 0.148. The van der Waals surface area contributed by atoms with Gasteiger partial charge in [-0.1, -0.05) is 6.58 Å². The molecule has 1 unspecified atom stereocenters. The molecule has 0 saturated heterocycles. The minimum Gasteiger partial charge on any atom is -0.463 e. The highest BCUT2D eigenvalue weighted by molar-refractivity contribution is 5.90. The number of aliphatic hydroxyl groups is 1. The maximum atomic E-state index is 13.1. The highest BCUT2D eigenvalue weighted by Crippen LogP contribution is 2.43. The molecule has 1 N–H and O–H groups in total. The van der Waals surface area contributed by atoms with E-state index in [2.05, 4.69) is 21.4 Å². The minimum atomic E-state index is -5.20. The normalized spacial score (nSPS) is 14.8. The SMILES string of the molecule is C=C(C(=O)OCC)C(O)(c1ncnn1C)C(F)(F)F. The van der Waals surface area contributed by atoms with Gasteiger partial charge in [0, 0.05) is 7.05 Å². The van der Waals surface area contributed by atoms with Crippen LogP contribution in [-0.2, 0) is 22.2 Å². The fourth-order valence-corrected chi connectivity index (χ4v) is 1.42. The summed E-state index contributed by atoms with van der Waals surface area (Å²) in [5.74, 6) is -2.22. The number of alkyl halides is 3. The van der Waals surface area contributed by atoms with Gasteiger partial charge < -0.3 is 9.84 Å². The van der Waals surface area contributed by atoms with Crippen LogP contribution in [-0.4, -0.2) is 38.6 Å². The summed E-state index contributed by atoms with van der Waals surface area (Å²) in [7, 11) is 1.15. The van der Waals surface area contributed by atoms with E-state index in [1.807, 2.05) is 0 Å². The summed E-state index contributed by atoms with van der Waals surface area (Å²) in [6, 6.07) is 0. The number of nitrogens with zero attached hydrogens (tertiary/aromatic N) is 3. The molecule has 1 aromatic rings. The highest BCUT2D eigenvalue weighted by atomic mass is 19.4. The summed E-state index contributed by atoms with van der Waals surface area (Å²) in [6.45, 7) is 4.25. The van der Waals surface area contributed by atoms with E-state index in [0.717, 1.165) is 13.4 Å². The first kappa shape index (κ1) is 15.2. The molecule has 6 nitrogen and oxygen atoms in total. The molecule has 0 bridgehead atoms. The zero-order valence-corrected chi connectivity index (χ0v) is 10.2. The number of hydrogen-bond donors (Lipinski definition) is 1. The van der Waals surface area contributed by atoms with Gasteiger partial charge in [0.25, 0.3) is 5.60 Å². The Labute approximate surface area is 106 Å². The average molecular weight is 279 g/mol. The molecule has 19 heavy (non-hydrogen) atoms. The molecule has 0 aliphatic rings. The lowest BCUT2D eigenvalue weighted by atomic mass is 9.93. The van der Waals surface area contributed by atoms with Crippen LogP contribution in [0.2, 0.25) is 0 Å². The first-order valence-electron chi connectivity index (χ1n) is 5.16. The van der Waals surface area contributed by atoms with E-state index in [0.29, 0.717) is 4.68 Å². The predicted octanol–water partition coefficient (Wildman–Crippen LogP) is 0.684. The number of ether oxygens (including phenoxy) is 1. The van der Waals surface area contributed by atoms with Gasteiger partial charge in [0.15, 0.2) is 5.82 Å². The quantitative estimate of drug-likeness (QED) is 0.648. The molecular weight excluding hydrogens is 267 g/mol. The van der Waals surface area contributed by atoms with Crippen molar-refractivity contribution < 1.29 is 27.8 Å². The molecule has 1 atom stereocenters. The Bertz CT molecular complexity index is 498. The fraction of sp³-hybridized carbons (Fsp3) is 0.500. The van der Waals surface area contributed by atoms with E-state index in [-0.39, 0.29) is 6.61 Å². The van der Waals surface area contributed by atoms with Crippen molar-refractivity contribution in [3.05, 3.63) is 24.3 Å². The van der Waals surface area contributed by atoms with Gasteiger partial charge in [-0.15, -0.1) is 0 Å². The molecule has 0 spiro atoms. The van der Waals surface area contributed by atoms with Gasteiger partial charge >= 0.3 is 12.1 Å². The van der Waals surface area contributed by atoms with Crippen molar-refractivity contribution in [1.82, 2.24) is 14.8 Å². The maximum absolute atomic E-state index is 13.1. The van der Waals surface area contributed by atoms with Crippen LogP contribution < -0.4 is 0 Å². The monoisotopic (exact) mass is 279 g/mol. The highest BCUT2D eigenvalue weighted by Gasteiger charge is 2.62. The van der Waals surface area contributed by atoms with E-state index >= 15 is 0 Å². The number of halogens is 3. The van der Waals surface area contributed by atoms with Crippen molar-refractivity contribution in [3.8, 4) is 0 Å². The third-order valence-electron chi connectivity index (χ3n) is 2.40. The summed E-state index contributed by atoms with van der Waals surface area (Å²) >= 11 is 0. The Morgan fingerprint density at radius 1 is 1.58 bits per heavy atom. The number of aryl methyl sites for hydroxylation is 1. The molecule has 1 rings (SSSR count). The largest absolute Gasteiger partial charge is 0.463 e. The number of rotatable bonds is 4. The van der Waals surface area contributed by atoms with E-state index in [4.69, 9.17) is 0 Å². The number of carbonyl (C=O) groups excluding carboxylic acids is 1. The molecule has 1 aromatic heterocycles. The topological polar surface area (TPSA) is 77.2 Å².